The zero-order valence-corrected chi connectivity index (χ0v) is 17.4. The number of nitrogens with zero attached hydrogens (tertiary/aromatic N) is 4. The van der Waals surface area contributed by atoms with Gasteiger partial charge in [-0.05, 0) is 31.0 Å². The number of aromatic nitrogens is 2. The van der Waals surface area contributed by atoms with E-state index in [1.807, 2.05) is 10.7 Å². The average molecular weight is 391 g/mol. The predicted molar refractivity (Wildman–Crippen MR) is 117 cm³/mol. The monoisotopic (exact) mass is 390 g/mol. The Morgan fingerprint density at radius 1 is 0.931 bits per heavy atom. The molecule has 0 radical (unpaired) electrons. The molecule has 1 fully saturated rings. The maximum atomic E-state index is 9.17. The van der Waals surface area contributed by atoms with E-state index in [-0.39, 0.29) is 6.61 Å². The fraction of sp³-hybridized carbons (Fsp3) is 0.375. The maximum absolute atomic E-state index is 9.17. The van der Waals surface area contributed by atoms with E-state index in [0.717, 1.165) is 56.2 Å². The van der Waals surface area contributed by atoms with Gasteiger partial charge in [0.1, 0.15) is 0 Å². The van der Waals surface area contributed by atoms with Gasteiger partial charge in [0.2, 0.25) is 0 Å². The van der Waals surface area contributed by atoms with Crippen molar-refractivity contribution in [2.75, 3.05) is 39.3 Å². The Morgan fingerprint density at radius 3 is 2.38 bits per heavy atom. The number of benzene rings is 2. The van der Waals surface area contributed by atoms with Crippen molar-refractivity contribution in [1.29, 1.82) is 0 Å². The fourth-order valence-electron chi connectivity index (χ4n) is 4.01. The summed E-state index contributed by atoms with van der Waals surface area (Å²) in [5, 5.41) is 14.2. The Hall–Kier alpha value is -2.47. The lowest BCUT2D eigenvalue weighted by Crippen LogP contribution is -2.46. The molecular weight excluding hydrogens is 360 g/mol. The van der Waals surface area contributed by atoms with Crippen LogP contribution in [0.25, 0.3) is 16.9 Å². The molecule has 0 unspecified atom stereocenters. The van der Waals surface area contributed by atoms with Gasteiger partial charge in [-0.25, -0.2) is 4.68 Å². The first-order chi connectivity index (χ1) is 14.1. The lowest BCUT2D eigenvalue weighted by Gasteiger charge is -2.34. The van der Waals surface area contributed by atoms with E-state index in [2.05, 4.69) is 72.3 Å². The first-order valence-electron chi connectivity index (χ1n) is 10.4. The Labute approximate surface area is 173 Å². The van der Waals surface area contributed by atoms with E-state index in [1.165, 1.54) is 16.7 Å². The van der Waals surface area contributed by atoms with Gasteiger partial charge in [0.25, 0.3) is 0 Å². The number of hydrogen-bond acceptors (Lipinski definition) is 4. The van der Waals surface area contributed by atoms with Crippen LogP contribution in [0.15, 0.2) is 54.7 Å². The number of aliphatic hydroxyl groups is 1. The summed E-state index contributed by atoms with van der Waals surface area (Å²) in [7, 11) is 0. The van der Waals surface area contributed by atoms with Crippen molar-refractivity contribution in [3.05, 3.63) is 71.4 Å². The molecule has 0 spiro atoms. The van der Waals surface area contributed by atoms with Crippen LogP contribution in [-0.2, 0) is 6.54 Å². The molecule has 0 amide bonds. The molecule has 4 rings (SSSR count). The minimum atomic E-state index is 0.237. The van der Waals surface area contributed by atoms with E-state index in [4.69, 9.17) is 10.2 Å². The van der Waals surface area contributed by atoms with Crippen LogP contribution in [-0.4, -0.2) is 64.0 Å². The van der Waals surface area contributed by atoms with Crippen LogP contribution in [0.2, 0.25) is 0 Å². The molecule has 1 aromatic heterocycles. The number of β-amino-alcohol motifs (C(OH)–C–C–N with tert-alkyl or cyclic N) is 1. The SMILES string of the molecule is Cc1ccc(C)c(-n2cc(CN3CCN(CCO)CC3)c(-c3ccccc3)n2)c1. The summed E-state index contributed by atoms with van der Waals surface area (Å²) < 4.78 is 2.04. The minimum absolute atomic E-state index is 0.237. The third kappa shape index (κ3) is 4.58. The summed E-state index contributed by atoms with van der Waals surface area (Å²) in [6.07, 6.45) is 2.20. The number of piperazine rings is 1. The number of aliphatic hydroxyl groups excluding tert-OH is 1. The minimum Gasteiger partial charge on any atom is -0.395 e. The lowest BCUT2D eigenvalue weighted by molar-refractivity contribution is 0.108. The summed E-state index contributed by atoms with van der Waals surface area (Å²) in [6.45, 7) is 10.2. The molecule has 0 atom stereocenters. The van der Waals surface area contributed by atoms with Crippen LogP contribution in [0, 0.1) is 13.8 Å². The van der Waals surface area contributed by atoms with Gasteiger partial charge in [-0.3, -0.25) is 9.80 Å². The summed E-state index contributed by atoms with van der Waals surface area (Å²) in [5.41, 5.74) is 7.08. The molecule has 5 nitrogen and oxygen atoms in total. The van der Waals surface area contributed by atoms with E-state index < -0.39 is 0 Å². The summed E-state index contributed by atoms with van der Waals surface area (Å²) in [5.74, 6) is 0. The van der Waals surface area contributed by atoms with E-state index in [1.54, 1.807) is 0 Å². The highest BCUT2D eigenvalue weighted by atomic mass is 16.3. The second-order valence-corrected chi connectivity index (χ2v) is 7.94. The highest BCUT2D eigenvalue weighted by molar-refractivity contribution is 5.63. The Balaban J connectivity index is 1.63. The number of aryl methyl sites for hydroxylation is 2. The average Bonchev–Trinajstić information content (AvgIpc) is 3.15. The first-order valence-corrected chi connectivity index (χ1v) is 10.4. The zero-order valence-electron chi connectivity index (χ0n) is 17.4. The molecule has 3 aromatic rings. The molecule has 152 valence electrons. The molecule has 5 heteroatoms. The summed E-state index contributed by atoms with van der Waals surface area (Å²) in [6, 6.07) is 17.0. The molecule has 1 N–H and O–H groups in total. The second kappa shape index (κ2) is 8.91. The van der Waals surface area contributed by atoms with Crippen molar-refractivity contribution in [3.63, 3.8) is 0 Å². The second-order valence-electron chi connectivity index (χ2n) is 7.94. The highest BCUT2D eigenvalue weighted by Crippen LogP contribution is 2.26. The molecule has 0 aliphatic carbocycles. The van der Waals surface area contributed by atoms with Gasteiger partial charge in [0.05, 0.1) is 18.0 Å². The fourth-order valence-corrected chi connectivity index (χ4v) is 4.01. The van der Waals surface area contributed by atoms with Crippen molar-refractivity contribution >= 4 is 0 Å². The van der Waals surface area contributed by atoms with Crippen molar-refractivity contribution in [3.8, 4) is 16.9 Å². The smallest absolute Gasteiger partial charge is 0.0972 e. The summed E-state index contributed by atoms with van der Waals surface area (Å²) in [4.78, 5) is 4.82. The Morgan fingerprint density at radius 2 is 1.66 bits per heavy atom. The zero-order chi connectivity index (χ0) is 20.2. The quantitative estimate of drug-likeness (QED) is 0.702. The van der Waals surface area contributed by atoms with Crippen LogP contribution in [0.1, 0.15) is 16.7 Å². The van der Waals surface area contributed by atoms with Gasteiger partial charge in [-0.15, -0.1) is 0 Å². The van der Waals surface area contributed by atoms with Crippen molar-refractivity contribution in [2.45, 2.75) is 20.4 Å². The van der Waals surface area contributed by atoms with Crippen molar-refractivity contribution in [2.24, 2.45) is 0 Å². The van der Waals surface area contributed by atoms with Crippen LogP contribution in [0.4, 0.5) is 0 Å². The topological polar surface area (TPSA) is 44.5 Å². The maximum Gasteiger partial charge on any atom is 0.0972 e. The van der Waals surface area contributed by atoms with E-state index in [9.17, 15) is 0 Å². The van der Waals surface area contributed by atoms with E-state index >= 15 is 0 Å². The van der Waals surface area contributed by atoms with Crippen LogP contribution < -0.4 is 0 Å². The van der Waals surface area contributed by atoms with Gasteiger partial charge in [0, 0.05) is 56.6 Å². The molecule has 1 saturated heterocycles. The van der Waals surface area contributed by atoms with Gasteiger partial charge in [-0.1, -0.05) is 42.5 Å². The standard InChI is InChI=1S/C24H30N4O/c1-19-8-9-20(2)23(16-19)28-18-22(24(25-28)21-6-4-3-5-7-21)17-27-12-10-26(11-13-27)14-15-29/h3-9,16,18,29H,10-15,17H2,1-2H3. The molecule has 1 aliphatic rings. The van der Waals surface area contributed by atoms with Gasteiger partial charge in [-0.2, -0.15) is 5.10 Å². The third-order valence-electron chi connectivity index (χ3n) is 5.72. The molecule has 2 heterocycles. The van der Waals surface area contributed by atoms with Crippen LogP contribution in [0.3, 0.4) is 0 Å². The number of hydrogen-bond donors (Lipinski definition) is 1. The summed E-state index contributed by atoms with van der Waals surface area (Å²) >= 11 is 0. The van der Waals surface area contributed by atoms with Gasteiger partial charge >= 0.3 is 0 Å². The molecule has 0 bridgehead atoms. The first kappa shape index (κ1) is 19.8. The van der Waals surface area contributed by atoms with Gasteiger partial charge < -0.3 is 5.11 Å². The molecular formula is C24H30N4O. The third-order valence-corrected chi connectivity index (χ3v) is 5.72. The van der Waals surface area contributed by atoms with Crippen LogP contribution >= 0.6 is 0 Å². The highest BCUT2D eigenvalue weighted by Gasteiger charge is 2.20. The van der Waals surface area contributed by atoms with E-state index in [0.29, 0.717) is 0 Å². The van der Waals surface area contributed by atoms with Crippen molar-refractivity contribution in [1.82, 2.24) is 19.6 Å². The normalized spacial score (nSPS) is 15.7. The largest absolute Gasteiger partial charge is 0.395 e. The Kier molecular flexibility index (Phi) is 6.09. The molecule has 2 aromatic carbocycles. The van der Waals surface area contributed by atoms with Crippen LogP contribution in [0.5, 0.6) is 0 Å². The van der Waals surface area contributed by atoms with Gasteiger partial charge in [0.15, 0.2) is 0 Å². The molecule has 29 heavy (non-hydrogen) atoms. The lowest BCUT2D eigenvalue weighted by atomic mass is 10.1. The number of rotatable bonds is 6. The Bertz CT molecular complexity index is 943. The molecule has 0 saturated carbocycles. The molecule has 1 aliphatic heterocycles. The van der Waals surface area contributed by atoms with Crippen molar-refractivity contribution < 1.29 is 5.11 Å². The predicted octanol–water partition coefficient (Wildman–Crippen LogP) is 3.27.